The maximum atomic E-state index is 13.7. The van der Waals surface area contributed by atoms with Crippen molar-refractivity contribution in [2.75, 3.05) is 24.0 Å². The van der Waals surface area contributed by atoms with Crippen LogP contribution in [0.4, 0.5) is 16.2 Å². The molecule has 3 aromatic carbocycles. The van der Waals surface area contributed by atoms with Gasteiger partial charge in [0.25, 0.3) is 0 Å². The molecule has 0 spiro atoms. The maximum absolute atomic E-state index is 13.7. The van der Waals surface area contributed by atoms with Gasteiger partial charge in [0.2, 0.25) is 0 Å². The smallest absolute Gasteiger partial charge is 0.333 e. The van der Waals surface area contributed by atoms with Crippen LogP contribution in [0.2, 0.25) is 5.02 Å². The summed E-state index contributed by atoms with van der Waals surface area (Å²) in [4.78, 5) is 16.9. The molecule has 0 heterocycles. The normalized spacial score (nSPS) is 10.9. The fourth-order valence-corrected chi connectivity index (χ4v) is 3.28. The quantitative estimate of drug-likeness (QED) is 0.473. The third-order valence-corrected chi connectivity index (χ3v) is 5.10. The van der Waals surface area contributed by atoms with E-state index < -0.39 is 0 Å². The first-order valence-electron chi connectivity index (χ1n) is 9.62. The number of hydrogen-bond donors (Lipinski definition) is 0. The molecule has 0 N–H and O–H groups in total. The number of ether oxygens (including phenoxy) is 1. The SMILES string of the molecule is C/C=C(/c1ccc(Cl)cc1)N(C(=O)N(C)c1ccc(C#N)cc1)c1ccc(OC)cc1. The minimum atomic E-state index is -0.252. The molecule has 0 atom stereocenters. The monoisotopic (exact) mass is 431 g/mol. The molecule has 0 aliphatic rings. The highest BCUT2D eigenvalue weighted by molar-refractivity contribution is 6.30. The highest BCUT2D eigenvalue weighted by atomic mass is 35.5. The molecule has 0 unspecified atom stereocenters. The summed E-state index contributed by atoms with van der Waals surface area (Å²) in [6.07, 6.45) is 1.89. The molecule has 0 aromatic heterocycles. The van der Waals surface area contributed by atoms with Gasteiger partial charge in [-0.25, -0.2) is 4.79 Å². The zero-order valence-corrected chi connectivity index (χ0v) is 18.3. The summed E-state index contributed by atoms with van der Waals surface area (Å²) in [5.74, 6) is 0.699. The molecule has 0 aliphatic heterocycles. The van der Waals surface area contributed by atoms with E-state index in [1.165, 1.54) is 0 Å². The van der Waals surface area contributed by atoms with E-state index in [-0.39, 0.29) is 6.03 Å². The van der Waals surface area contributed by atoms with Crippen LogP contribution in [0.3, 0.4) is 0 Å². The molecule has 2 amide bonds. The van der Waals surface area contributed by atoms with Crippen molar-refractivity contribution < 1.29 is 9.53 Å². The van der Waals surface area contributed by atoms with Crippen LogP contribution in [0.1, 0.15) is 18.1 Å². The largest absolute Gasteiger partial charge is 0.497 e. The fraction of sp³-hybridized carbons (Fsp3) is 0.120. The molecule has 0 radical (unpaired) electrons. The van der Waals surface area contributed by atoms with E-state index in [4.69, 9.17) is 21.6 Å². The second-order valence-electron chi connectivity index (χ2n) is 6.71. The Balaban J connectivity index is 2.06. The van der Waals surface area contributed by atoms with Gasteiger partial charge in [-0.3, -0.25) is 9.80 Å². The van der Waals surface area contributed by atoms with Crippen molar-refractivity contribution in [2.45, 2.75) is 6.92 Å². The number of rotatable bonds is 5. The minimum Gasteiger partial charge on any atom is -0.497 e. The lowest BCUT2D eigenvalue weighted by molar-refractivity contribution is 0.255. The van der Waals surface area contributed by atoms with Crippen molar-refractivity contribution in [1.29, 1.82) is 5.26 Å². The van der Waals surface area contributed by atoms with Gasteiger partial charge in [0, 0.05) is 17.8 Å². The van der Waals surface area contributed by atoms with Crippen molar-refractivity contribution in [3.63, 3.8) is 0 Å². The van der Waals surface area contributed by atoms with Gasteiger partial charge in [-0.2, -0.15) is 5.26 Å². The average molecular weight is 432 g/mol. The number of methoxy groups -OCH3 is 1. The van der Waals surface area contributed by atoms with Crippen molar-refractivity contribution in [2.24, 2.45) is 0 Å². The van der Waals surface area contributed by atoms with Gasteiger partial charge in [0.1, 0.15) is 5.75 Å². The Morgan fingerprint density at radius 3 is 2.06 bits per heavy atom. The average Bonchev–Trinajstić information content (AvgIpc) is 2.82. The molecule has 5 nitrogen and oxygen atoms in total. The Kier molecular flexibility index (Phi) is 6.96. The minimum absolute atomic E-state index is 0.252. The highest BCUT2D eigenvalue weighted by Crippen LogP contribution is 2.31. The summed E-state index contributed by atoms with van der Waals surface area (Å²) in [6, 6.07) is 23.4. The van der Waals surface area contributed by atoms with Gasteiger partial charge in [-0.15, -0.1) is 0 Å². The lowest BCUT2D eigenvalue weighted by atomic mass is 10.1. The van der Waals surface area contributed by atoms with Crippen LogP contribution in [-0.2, 0) is 0 Å². The van der Waals surface area contributed by atoms with Gasteiger partial charge in [0.15, 0.2) is 0 Å². The topological polar surface area (TPSA) is 56.6 Å². The van der Waals surface area contributed by atoms with E-state index in [2.05, 4.69) is 6.07 Å². The summed E-state index contributed by atoms with van der Waals surface area (Å²) in [7, 11) is 3.30. The molecule has 0 aliphatic carbocycles. The van der Waals surface area contributed by atoms with Crippen LogP contribution in [0.15, 0.2) is 78.9 Å². The molecule has 31 heavy (non-hydrogen) atoms. The molecule has 156 valence electrons. The Hall–Kier alpha value is -3.75. The van der Waals surface area contributed by atoms with Crippen LogP contribution in [0, 0.1) is 11.3 Å². The van der Waals surface area contributed by atoms with Crippen molar-refractivity contribution in [3.8, 4) is 11.8 Å². The van der Waals surface area contributed by atoms with Gasteiger partial charge >= 0.3 is 6.03 Å². The number of benzene rings is 3. The maximum Gasteiger partial charge on any atom is 0.333 e. The van der Waals surface area contributed by atoms with Crippen LogP contribution < -0.4 is 14.5 Å². The molecule has 0 bridgehead atoms. The summed E-state index contributed by atoms with van der Waals surface area (Å²) in [5.41, 5.74) is 3.46. The van der Waals surface area contributed by atoms with Crippen molar-refractivity contribution >= 4 is 34.7 Å². The summed E-state index contributed by atoms with van der Waals surface area (Å²) in [6.45, 7) is 1.88. The predicted molar refractivity (Wildman–Crippen MR) is 126 cm³/mol. The standard InChI is InChI=1S/C25H22ClN3O2/c1-4-24(19-7-9-20(26)10-8-19)29(22-13-15-23(31-3)16-14-22)25(30)28(2)21-11-5-18(17-27)6-12-21/h4-16H,1-3H3/b24-4-. The summed E-state index contributed by atoms with van der Waals surface area (Å²) >= 11 is 6.06. The van der Waals surface area contributed by atoms with Crippen molar-refractivity contribution in [3.05, 3.63) is 95.0 Å². The molecule has 3 rings (SSSR count). The van der Waals surface area contributed by atoms with Crippen LogP contribution in [-0.4, -0.2) is 20.2 Å². The fourth-order valence-electron chi connectivity index (χ4n) is 3.15. The summed E-state index contributed by atoms with van der Waals surface area (Å²) < 4.78 is 5.26. The van der Waals surface area contributed by atoms with E-state index in [9.17, 15) is 4.79 Å². The molecule has 3 aromatic rings. The highest BCUT2D eigenvalue weighted by Gasteiger charge is 2.25. The summed E-state index contributed by atoms with van der Waals surface area (Å²) in [5, 5.41) is 9.66. The lowest BCUT2D eigenvalue weighted by Gasteiger charge is -2.30. The second kappa shape index (κ2) is 9.84. The van der Waals surface area contributed by atoms with E-state index >= 15 is 0 Å². The lowest BCUT2D eigenvalue weighted by Crippen LogP contribution is -2.40. The van der Waals surface area contributed by atoms with E-state index in [1.54, 1.807) is 60.4 Å². The van der Waals surface area contributed by atoms with E-state index in [0.717, 1.165) is 5.56 Å². The molecule has 0 saturated heterocycles. The zero-order chi connectivity index (χ0) is 22.4. The number of anilines is 2. The van der Waals surface area contributed by atoms with Crippen LogP contribution in [0.25, 0.3) is 5.70 Å². The van der Waals surface area contributed by atoms with Crippen LogP contribution >= 0.6 is 11.6 Å². The number of urea groups is 1. The number of carbonyl (C=O) groups excluding carboxylic acids is 1. The zero-order valence-electron chi connectivity index (χ0n) is 17.5. The third kappa shape index (κ3) is 4.88. The number of nitrogens with zero attached hydrogens (tertiary/aromatic N) is 3. The number of amides is 2. The third-order valence-electron chi connectivity index (χ3n) is 4.85. The van der Waals surface area contributed by atoms with Gasteiger partial charge < -0.3 is 4.74 Å². The van der Waals surface area contributed by atoms with Gasteiger partial charge in [0.05, 0.1) is 30.1 Å². The second-order valence-corrected chi connectivity index (χ2v) is 7.15. The van der Waals surface area contributed by atoms with Crippen LogP contribution in [0.5, 0.6) is 5.75 Å². The Bertz CT molecular complexity index is 1120. The molecule has 6 heteroatoms. The van der Waals surface area contributed by atoms with Gasteiger partial charge in [-0.05, 0) is 73.2 Å². The number of halogens is 1. The first kappa shape index (κ1) is 21.9. The van der Waals surface area contributed by atoms with E-state index in [1.807, 2.05) is 49.4 Å². The Labute approximate surface area is 187 Å². The molecule has 0 saturated carbocycles. The first-order valence-corrected chi connectivity index (χ1v) is 10.0. The Morgan fingerprint density at radius 1 is 0.968 bits per heavy atom. The number of allylic oxidation sites excluding steroid dienone is 1. The van der Waals surface area contributed by atoms with Crippen molar-refractivity contribution in [1.82, 2.24) is 0 Å². The number of nitriles is 1. The molecular weight excluding hydrogens is 410 g/mol. The van der Waals surface area contributed by atoms with Gasteiger partial charge in [-0.1, -0.05) is 29.8 Å². The molecular formula is C25H22ClN3O2. The predicted octanol–water partition coefficient (Wildman–Crippen LogP) is 6.34. The number of hydrogen-bond acceptors (Lipinski definition) is 3. The number of carbonyl (C=O) groups is 1. The van der Waals surface area contributed by atoms with E-state index in [0.29, 0.717) is 33.4 Å². The molecule has 0 fully saturated rings. The Morgan fingerprint density at radius 2 is 1.55 bits per heavy atom. The first-order chi connectivity index (χ1) is 15.0.